The highest BCUT2D eigenvalue weighted by Gasteiger charge is 2.42. The van der Waals surface area contributed by atoms with Crippen LogP contribution in [0.1, 0.15) is 25.7 Å². The number of carbonyl (C=O) groups is 1. The van der Waals surface area contributed by atoms with E-state index < -0.39 is 0 Å². The van der Waals surface area contributed by atoms with E-state index in [-0.39, 0.29) is 23.7 Å². The van der Waals surface area contributed by atoms with Crippen LogP contribution in [0.4, 0.5) is 10.7 Å². The molecule has 0 bridgehead atoms. The van der Waals surface area contributed by atoms with Crippen molar-refractivity contribution in [3.8, 4) is 11.3 Å². The summed E-state index contributed by atoms with van der Waals surface area (Å²) in [7, 11) is 5.21. The second-order valence-electron chi connectivity index (χ2n) is 7.93. The topological polar surface area (TPSA) is 80.6 Å². The fourth-order valence-corrected chi connectivity index (χ4v) is 4.79. The maximum absolute atomic E-state index is 12.6. The summed E-state index contributed by atoms with van der Waals surface area (Å²) < 4.78 is 6.54. The van der Waals surface area contributed by atoms with Gasteiger partial charge < -0.3 is 14.5 Å². The van der Waals surface area contributed by atoms with Gasteiger partial charge in [0.25, 0.3) is 5.56 Å². The molecule has 2 aromatic rings. The van der Waals surface area contributed by atoms with E-state index in [1.807, 2.05) is 24.1 Å². The molecule has 3 unspecified atom stereocenters. The Balaban J connectivity index is 1.56. The molecule has 0 N–H and O–H groups in total. The van der Waals surface area contributed by atoms with E-state index in [1.54, 1.807) is 30.1 Å². The molecular weight excluding hydrogens is 370 g/mol. The van der Waals surface area contributed by atoms with E-state index in [0.717, 1.165) is 37.8 Å². The molecule has 8 nitrogen and oxygen atoms in total. The zero-order valence-corrected chi connectivity index (χ0v) is 17.1. The van der Waals surface area contributed by atoms with Crippen LogP contribution in [0.2, 0.25) is 0 Å². The van der Waals surface area contributed by atoms with Gasteiger partial charge in [-0.1, -0.05) is 0 Å². The summed E-state index contributed by atoms with van der Waals surface area (Å²) in [6.07, 6.45) is 7.03. The number of nitrogens with zero attached hydrogens (tertiary/aromatic N) is 5. The summed E-state index contributed by atoms with van der Waals surface area (Å²) in [6, 6.07) is 5.81. The van der Waals surface area contributed by atoms with Gasteiger partial charge in [-0.25, -0.2) is 9.78 Å². The van der Waals surface area contributed by atoms with Crippen molar-refractivity contribution < 1.29 is 9.53 Å². The van der Waals surface area contributed by atoms with Crippen LogP contribution in [-0.2, 0) is 11.8 Å². The molecule has 0 aromatic carbocycles. The Labute approximate surface area is 170 Å². The number of carbonyl (C=O) groups excluding carboxylic acids is 1. The second-order valence-corrected chi connectivity index (χ2v) is 7.93. The summed E-state index contributed by atoms with van der Waals surface area (Å²) >= 11 is 0. The molecule has 0 radical (unpaired) electrons. The molecule has 2 aromatic heterocycles. The normalized spacial score (nSPS) is 23.6. The van der Waals surface area contributed by atoms with E-state index in [1.165, 1.54) is 7.11 Å². The molecule has 1 aliphatic heterocycles. The lowest BCUT2D eigenvalue weighted by atomic mass is 9.81. The molecule has 8 heteroatoms. The van der Waals surface area contributed by atoms with Gasteiger partial charge in [0, 0.05) is 56.7 Å². The fraction of sp³-hybridized carbons (Fsp3) is 0.524. The first-order valence-corrected chi connectivity index (χ1v) is 10.1. The first kappa shape index (κ1) is 19.4. The molecule has 154 valence electrons. The van der Waals surface area contributed by atoms with Gasteiger partial charge >= 0.3 is 6.09 Å². The van der Waals surface area contributed by atoms with Gasteiger partial charge in [-0.2, -0.15) is 0 Å². The SMILES string of the molecule is COC(=O)N1CCC2CC(N(C)c3nc(-c4ccncc4)cc(=O)n3C)CCC21. The van der Waals surface area contributed by atoms with Crippen LogP contribution in [0.5, 0.6) is 0 Å². The molecule has 3 atom stereocenters. The average molecular weight is 397 g/mol. The van der Waals surface area contributed by atoms with Crippen molar-refractivity contribution in [3.63, 3.8) is 0 Å². The first-order valence-electron chi connectivity index (χ1n) is 10.1. The highest BCUT2D eigenvalue weighted by Crippen LogP contribution is 2.38. The number of amides is 1. The minimum absolute atomic E-state index is 0.0833. The Bertz CT molecular complexity index is 945. The highest BCUT2D eigenvalue weighted by atomic mass is 16.5. The Morgan fingerprint density at radius 3 is 2.72 bits per heavy atom. The molecule has 0 spiro atoms. The quantitative estimate of drug-likeness (QED) is 0.791. The third-order valence-corrected chi connectivity index (χ3v) is 6.42. The summed E-state index contributed by atoms with van der Waals surface area (Å²) in [5, 5.41) is 0. The third kappa shape index (κ3) is 3.59. The predicted molar refractivity (Wildman–Crippen MR) is 110 cm³/mol. The van der Waals surface area contributed by atoms with Gasteiger partial charge in [-0.05, 0) is 43.7 Å². The number of aromatic nitrogens is 3. The minimum Gasteiger partial charge on any atom is -0.453 e. The van der Waals surface area contributed by atoms with Crippen molar-refractivity contribution in [1.29, 1.82) is 0 Å². The second kappa shape index (κ2) is 7.85. The molecule has 2 fully saturated rings. The lowest BCUT2D eigenvalue weighted by Crippen LogP contribution is -2.46. The maximum Gasteiger partial charge on any atom is 0.409 e. The third-order valence-electron chi connectivity index (χ3n) is 6.42. The van der Waals surface area contributed by atoms with Gasteiger partial charge in [0.2, 0.25) is 5.95 Å². The van der Waals surface area contributed by atoms with Crippen LogP contribution in [0, 0.1) is 5.92 Å². The number of rotatable bonds is 3. The van der Waals surface area contributed by atoms with Gasteiger partial charge in [0.05, 0.1) is 12.8 Å². The largest absolute Gasteiger partial charge is 0.453 e. The summed E-state index contributed by atoms with van der Waals surface area (Å²) in [5.74, 6) is 1.12. The van der Waals surface area contributed by atoms with E-state index in [2.05, 4.69) is 9.88 Å². The van der Waals surface area contributed by atoms with Crippen molar-refractivity contribution in [3.05, 3.63) is 40.9 Å². The molecule has 1 saturated heterocycles. The number of ether oxygens (including phenoxy) is 1. The fourth-order valence-electron chi connectivity index (χ4n) is 4.79. The van der Waals surface area contributed by atoms with E-state index >= 15 is 0 Å². The van der Waals surface area contributed by atoms with Crippen LogP contribution >= 0.6 is 0 Å². The summed E-state index contributed by atoms with van der Waals surface area (Å²) in [6.45, 7) is 0.757. The van der Waals surface area contributed by atoms with Crippen molar-refractivity contribution in [2.75, 3.05) is 25.6 Å². The van der Waals surface area contributed by atoms with E-state index in [9.17, 15) is 9.59 Å². The van der Waals surface area contributed by atoms with Crippen LogP contribution in [-0.4, -0.2) is 58.3 Å². The monoisotopic (exact) mass is 397 g/mol. The number of hydrogen-bond acceptors (Lipinski definition) is 6. The Morgan fingerprint density at radius 2 is 2.00 bits per heavy atom. The Morgan fingerprint density at radius 1 is 1.24 bits per heavy atom. The van der Waals surface area contributed by atoms with Gasteiger partial charge in [0.1, 0.15) is 0 Å². The molecule has 3 heterocycles. The Hall–Kier alpha value is -2.90. The molecule has 29 heavy (non-hydrogen) atoms. The predicted octanol–water partition coefficient (Wildman–Crippen LogP) is 2.29. The average Bonchev–Trinajstić information content (AvgIpc) is 3.18. The Kier molecular flexibility index (Phi) is 5.25. The van der Waals surface area contributed by atoms with Crippen LogP contribution in [0.3, 0.4) is 0 Å². The van der Waals surface area contributed by atoms with Crippen LogP contribution in [0.15, 0.2) is 35.4 Å². The minimum atomic E-state index is -0.224. The number of hydrogen-bond donors (Lipinski definition) is 0. The first-order chi connectivity index (χ1) is 14.0. The molecule has 1 amide bonds. The van der Waals surface area contributed by atoms with Crippen molar-refractivity contribution in [1.82, 2.24) is 19.4 Å². The number of pyridine rings is 1. The van der Waals surface area contributed by atoms with Crippen LogP contribution in [0.25, 0.3) is 11.3 Å². The van der Waals surface area contributed by atoms with Gasteiger partial charge in [0.15, 0.2) is 0 Å². The van der Waals surface area contributed by atoms with Crippen molar-refractivity contribution in [2.24, 2.45) is 13.0 Å². The summed E-state index contributed by atoms with van der Waals surface area (Å²) in [5.41, 5.74) is 1.45. The van der Waals surface area contributed by atoms with Crippen LogP contribution < -0.4 is 10.5 Å². The number of methoxy groups -OCH3 is 1. The van der Waals surface area contributed by atoms with E-state index in [0.29, 0.717) is 17.6 Å². The zero-order chi connectivity index (χ0) is 20.5. The standard InChI is InChI=1S/C21H27N5O3/c1-24(16-4-5-18-15(12-16)8-11-26(18)21(28)29-3)20-23-17(13-19(27)25(20)2)14-6-9-22-10-7-14/h6-7,9-10,13,15-16,18H,4-5,8,11-12H2,1-3H3. The summed E-state index contributed by atoms with van der Waals surface area (Å²) in [4.78, 5) is 37.4. The van der Waals surface area contributed by atoms with Crippen molar-refractivity contribution in [2.45, 2.75) is 37.8 Å². The smallest absolute Gasteiger partial charge is 0.409 e. The highest BCUT2D eigenvalue weighted by molar-refractivity contribution is 5.68. The molecular formula is C21H27N5O3. The number of fused-ring (bicyclic) bond motifs is 1. The maximum atomic E-state index is 12.6. The van der Waals surface area contributed by atoms with E-state index in [4.69, 9.17) is 9.72 Å². The number of anilines is 1. The lowest BCUT2D eigenvalue weighted by Gasteiger charge is -2.39. The van der Waals surface area contributed by atoms with Gasteiger partial charge in [-0.15, -0.1) is 0 Å². The molecule has 2 aliphatic rings. The molecule has 4 rings (SSSR count). The number of likely N-dealkylation sites (tertiary alicyclic amines) is 1. The zero-order valence-electron chi connectivity index (χ0n) is 17.1. The molecule has 1 aliphatic carbocycles. The lowest BCUT2D eigenvalue weighted by molar-refractivity contribution is 0.103. The molecule has 1 saturated carbocycles. The van der Waals surface area contributed by atoms with Gasteiger partial charge in [-0.3, -0.25) is 14.3 Å². The van der Waals surface area contributed by atoms with Crippen molar-refractivity contribution >= 4 is 12.0 Å².